The van der Waals surface area contributed by atoms with E-state index in [2.05, 4.69) is 5.32 Å². The van der Waals surface area contributed by atoms with Gasteiger partial charge in [0.1, 0.15) is 0 Å². The van der Waals surface area contributed by atoms with Crippen LogP contribution >= 0.6 is 0 Å². The normalized spacial score (nSPS) is 17.5. The summed E-state index contributed by atoms with van der Waals surface area (Å²) in [6.45, 7) is 3.38. The van der Waals surface area contributed by atoms with E-state index in [-0.39, 0.29) is 12.5 Å². The molecule has 1 fully saturated rings. The third-order valence-corrected chi connectivity index (χ3v) is 6.66. The van der Waals surface area contributed by atoms with Crippen molar-refractivity contribution in [3.63, 3.8) is 0 Å². The van der Waals surface area contributed by atoms with Gasteiger partial charge in [0.2, 0.25) is 5.91 Å². The number of nitrogens with zero attached hydrogens (tertiary/aromatic N) is 2. The Labute approximate surface area is 161 Å². The molecule has 1 saturated heterocycles. The monoisotopic (exact) mass is 387 g/mol. The SMILES string of the molecule is Cc1ccccc1CN1CCCN(CC(=O)NCc2ccccc2)S1(=O)=O. The topological polar surface area (TPSA) is 69.7 Å². The van der Waals surface area contributed by atoms with Crippen molar-refractivity contribution >= 4 is 16.1 Å². The maximum Gasteiger partial charge on any atom is 0.282 e. The van der Waals surface area contributed by atoms with Gasteiger partial charge in [0.25, 0.3) is 10.2 Å². The van der Waals surface area contributed by atoms with Gasteiger partial charge < -0.3 is 5.32 Å². The van der Waals surface area contributed by atoms with Gasteiger partial charge in [-0.05, 0) is 30.0 Å². The molecule has 7 heteroatoms. The maximum absolute atomic E-state index is 12.9. The highest BCUT2D eigenvalue weighted by Gasteiger charge is 2.34. The Morgan fingerprint density at radius 1 is 1.00 bits per heavy atom. The molecular weight excluding hydrogens is 362 g/mol. The molecule has 27 heavy (non-hydrogen) atoms. The summed E-state index contributed by atoms with van der Waals surface area (Å²) in [5, 5.41) is 2.79. The van der Waals surface area contributed by atoms with Gasteiger partial charge in [-0.2, -0.15) is 17.0 Å². The fourth-order valence-corrected chi connectivity index (χ4v) is 4.76. The van der Waals surface area contributed by atoms with E-state index in [0.29, 0.717) is 32.6 Å². The van der Waals surface area contributed by atoms with Crippen LogP contribution in [0, 0.1) is 6.92 Å². The summed E-state index contributed by atoms with van der Waals surface area (Å²) >= 11 is 0. The van der Waals surface area contributed by atoms with Gasteiger partial charge in [-0.15, -0.1) is 0 Å². The molecular formula is C20H25N3O3S. The third-order valence-electron chi connectivity index (χ3n) is 4.73. The summed E-state index contributed by atoms with van der Waals surface area (Å²) in [4.78, 5) is 12.3. The molecule has 0 aliphatic carbocycles. The molecule has 1 aliphatic rings. The molecule has 2 aromatic rings. The lowest BCUT2D eigenvalue weighted by molar-refractivity contribution is -0.121. The average Bonchev–Trinajstić information content (AvgIpc) is 2.66. The van der Waals surface area contributed by atoms with Crippen molar-refractivity contribution in [2.45, 2.75) is 26.4 Å². The first-order valence-electron chi connectivity index (χ1n) is 9.07. The van der Waals surface area contributed by atoms with Crippen LogP contribution in [0.2, 0.25) is 0 Å². The molecule has 0 saturated carbocycles. The molecule has 2 aromatic carbocycles. The smallest absolute Gasteiger partial charge is 0.282 e. The van der Waals surface area contributed by atoms with Gasteiger partial charge in [-0.25, -0.2) is 0 Å². The highest BCUT2D eigenvalue weighted by atomic mass is 32.2. The van der Waals surface area contributed by atoms with Crippen LogP contribution in [0.15, 0.2) is 54.6 Å². The minimum absolute atomic E-state index is 0.153. The lowest BCUT2D eigenvalue weighted by atomic mass is 10.1. The zero-order chi connectivity index (χ0) is 19.3. The standard InChI is InChI=1S/C20H25N3O3S/c1-17-8-5-6-11-19(17)15-22-12-7-13-23(27(22,25)26)16-20(24)21-14-18-9-3-2-4-10-18/h2-6,8-11H,7,12-16H2,1H3,(H,21,24). The van der Waals surface area contributed by atoms with Gasteiger partial charge >= 0.3 is 0 Å². The first-order chi connectivity index (χ1) is 13.0. The molecule has 3 rings (SSSR count). The molecule has 1 N–H and O–H groups in total. The molecule has 1 heterocycles. The molecule has 0 bridgehead atoms. The summed E-state index contributed by atoms with van der Waals surface area (Å²) in [6, 6.07) is 17.3. The zero-order valence-corrected chi connectivity index (χ0v) is 16.3. The molecule has 0 unspecified atom stereocenters. The van der Waals surface area contributed by atoms with Crippen LogP contribution in [0.4, 0.5) is 0 Å². The van der Waals surface area contributed by atoms with Gasteiger partial charge in [0, 0.05) is 26.2 Å². The Bertz CT molecular complexity index is 884. The number of benzene rings is 2. The largest absolute Gasteiger partial charge is 0.351 e. The minimum atomic E-state index is -3.65. The van der Waals surface area contributed by atoms with E-state index in [1.54, 1.807) is 0 Å². The molecule has 144 valence electrons. The number of rotatable bonds is 6. The highest BCUT2D eigenvalue weighted by molar-refractivity contribution is 7.86. The fourth-order valence-electron chi connectivity index (χ4n) is 3.13. The second-order valence-electron chi connectivity index (χ2n) is 6.72. The van der Waals surface area contributed by atoms with Crippen molar-refractivity contribution < 1.29 is 13.2 Å². The van der Waals surface area contributed by atoms with Gasteiger partial charge in [-0.1, -0.05) is 54.6 Å². The molecule has 1 amide bonds. The van der Waals surface area contributed by atoms with E-state index in [1.165, 1.54) is 8.61 Å². The number of amides is 1. The second-order valence-corrected chi connectivity index (χ2v) is 8.65. The van der Waals surface area contributed by atoms with Crippen molar-refractivity contribution in [2.75, 3.05) is 19.6 Å². The van der Waals surface area contributed by atoms with Gasteiger partial charge in [-0.3, -0.25) is 4.79 Å². The lowest BCUT2D eigenvalue weighted by Gasteiger charge is -2.34. The van der Waals surface area contributed by atoms with Crippen molar-refractivity contribution in [2.24, 2.45) is 0 Å². The van der Waals surface area contributed by atoms with Crippen LogP contribution < -0.4 is 5.32 Å². The first kappa shape index (κ1) is 19.5. The Balaban J connectivity index is 1.62. The zero-order valence-electron chi connectivity index (χ0n) is 15.5. The summed E-state index contributed by atoms with van der Waals surface area (Å²) in [6.07, 6.45) is 0.705. The third kappa shape index (κ3) is 4.94. The minimum Gasteiger partial charge on any atom is -0.351 e. The summed E-state index contributed by atoms with van der Waals surface area (Å²) in [5.41, 5.74) is 3.02. The molecule has 0 atom stereocenters. The van der Waals surface area contributed by atoms with E-state index < -0.39 is 10.2 Å². The summed E-state index contributed by atoms with van der Waals surface area (Å²) in [5.74, 6) is -0.292. The van der Waals surface area contributed by atoms with Crippen LogP contribution in [0.3, 0.4) is 0 Å². The molecule has 1 aliphatic heterocycles. The van der Waals surface area contributed by atoms with Crippen LogP contribution in [-0.2, 0) is 28.1 Å². The quantitative estimate of drug-likeness (QED) is 0.825. The number of aryl methyl sites for hydroxylation is 1. The van der Waals surface area contributed by atoms with Crippen LogP contribution in [-0.4, -0.2) is 42.6 Å². The molecule has 6 nitrogen and oxygen atoms in total. The second kappa shape index (κ2) is 8.65. The first-order valence-corrected chi connectivity index (χ1v) is 10.5. The Hall–Kier alpha value is -2.22. The molecule has 0 spiro atoms. The Morgan fingerprint density at radius 2 is 1.67 bits per heavy atom. The summed E-state index contributed by atoms with van der Waals surface area (Å²) in [7, 11) is -3.65. The predicted octanol–water partition coefficient (Wildman–Crippen LogP) is 2.06. The molecule has 0 aromatic heterocycles. The Morgan fingerprint density at radius 3 is 2.41 bits per heavy atom. The van der Waals surface area contributed by atoms with E-state index >= 15 is 0 Å². The van der Waals surface area contributed by atoms with Crippen molar-refractivity contribution in [3.05, 3.63) is 71.3 Å². The fraction of sp³-hybridized carbons (Fsp3) is 0.350. The number of carbonyl (C=O) groups excluding carboxylic acids is 1. The van der Waals surface area contributed by atoms with Crippen molar-refractivity contribution in [3.8, 4) is 0 Å². The highest BCUT2D eigenvalue weighted by Crippen LogP contribution is 2.20. The van der Waals surface area contributed by atoms with Crippen molar-refractivity contribution in [1.82, 2.24) is 13.9 Å². The van der Waals surface area contributed by atoms with Crippen molar-refractivity contribution in [1.29, 1.82) is 0 Å². The van der Waals surface area contributed by atoms with Gasteiger partial charge in [0.15, 0.2) is 0 Å². The van der Waals surface area contributed by atoms with E-state index in [9.17, 15) is 13.2 Å². The van der Waals surface area contributed by atoms with E-state index in [1.807, 2.05) is 61.5 Å². The number of hydrogen-bond donors (Lipinski definition) is 1. The average molecular weight is 388 g/mol. The van der Waals surface area contributed by atoms with Crippen LogP contribution in [0.5, 0.6) is 0 Å². The van der Waals surface area contributed by atoms with Crippen LogP contribution in [0.25, 0.3) is 0 Å². The van der Waals surface area contributed by atoms with Crippen LogP contribution in [0.1, 0.15) is 23.1 Å². The van der Waals surface area contributed by atoms with E-state index in [4.69, 9.17) is 0 Å². The molecule has 0 radical (unpaired) electrons. The van der Waals surface area contributed by atoms with Gasteiger partial charge in [0.05, 0.1) is 6.54 Å². The number of hydrogen-bond acceptors (Lipinski definition) is 3. The number of carbonyl (C=O) groups is 1. The Kier molecular flexibility index (Phi) is 6.26. The van der Waals surface area contributed by atoms with E-state index in [0.717, 1.165) is 16.7 Å². The summed E-state index contributed by atoms with van der Waals surface area (Å²) < 4.78 is 28.6. The predicted molar refractivity (Wildman–Crippen MR) is 105 cm³/mol. The maximum atomic E-state index is 12.9. The lowest BCUT2D eigenvalue weighted by Crippen LogP contribution is -2.52. The number of nitrogens with one attached hydrogen (secondary N) is 1.